The number of hydrogen-bond acceptors (Lipinski definition) is 4. The second kappa shape index (κ2) is 7.71. The highest BCUT2D eigenvalue weighted by atomic mass is 35.5. The monoisotopic (exact) mass is 454 g/mol. The fourth-order valence-corrected chi connectivity index (χ4v) is 7.57. The molecule has 2 aromatic carbocycles. The molecular weight excluding hydrogens is 439 g/mol. The number of benzene rings is 2. The molecule has 2 unspecified atom stereocenters. The Bertz CT molecular complexity index is 1040. The van der Waals surface area contributed by atoms with Crippen molar-refractivity contribution in [3.63, 3.8) is 0 Å². The van der Waals surface area contributed by atoms with Crippen molar-refractivity contribution < 1.29 is 13.2 Å². The third-order valence-electron chi connectivity index (χ3n) is 4.66. The summed E-state index contributed by atoms with van der Waals surface area (Å²) in [7, 11) is -3.10. The van der Waals surface area contributed by atoms with Crippen LogP contribution in [-0.4, -0.2) is 42.3 Å². The van der Waals surface area contributed by atoms with Gasteiger partial charge in [0.05, 0.1) is 24.0 Å². The first kappa shape index (κ1) is 19.8. The molecule has 0 bridgehead atoms. The number of hydrogen-bond donors (Lipinski definition) is 0. The van der Waals surface area contributed by atoms with Gasteiger partial charge in [0, 0.05) is 21.0 Å². The molecule has 0 radical (unpaired) electrons. The minimum absolute atomic E-state index is 0.0533. The maximum absolute atomic E-state index is 12.5. The Balaban J connectivity index is 1.62. The van der Waals surface area contributed by atoms with Crippen LogP contribution in [0.25, 0.3) is 0 Å². The number of sulfone groups is 1. The van der Waals surface area contributed by atoms with Crippen molar-refractivity contribution in [2.45, 2.75) is 17.7 Å². The van der Waals surface area contributed by atoms with Crippen LogP contribution < -0.4 is 4.90 Å². The molecule has 28 heavy (non-hydrogen) atoms. The number of halogens is 2. The maximum Gasteiger partial charge on any atom is 0.252 e. The van der Waals surface area contributed by atoms with Crippen LogP contribution in [0.3, 0.4) is 0 Å². The molecule has 2 aromatic rings. The van der Waals surface area contributed by atoms with Gasteiger partial charge in [-0.05, 0) is 42.0 Å². The van der Waals surface area contributed by atoms with Gasteiger partial charge in [0.25, 0.3) is 5.91 Å². The lowest BCUT2D eigenvalue weighted by Crippen LogP contribution is -2.37. The van der Waals surface area contributed by atoms with Gasteiger partial charge in [-0.25, -0.2) is 8.42 Å². The van der Waals surface area contributed by atoms with Gasteiger partial charge in [0.2, 0.25) is 0 Å². The molecule has 2 atom stereocenters. The number of aliphatic imine (C=N–C) groups is 1. The number of amidine groups is 1. The van der Waals surface area contributed by atoms with Gasteiger partial charge in [-0.2, -0.15) is 4.99 Å². The summed E-state index contributed by atoms with van der Waals surface area (Å²) >= 11 is 13.2. The van der Waals surface area contributed by atoms with Crippen molar-refractivity contribution in [1.82, 2.24) is 0 Å². The minimum atomic E-state index is -3.10. The molecule has 4 rings (SSSR count). The topological polar surface area (TPSA) is 66.8 Å². The highest BCUT2D eigenvalue weighted by molar-refractivity contribution is 8.16. The Labute approximate surface area is 177 Å². The Morgan fingerprint density at radius 3 is 2.29 bits per heavy atom. The summed E-state index contributed by atoms with van der Waals surface area (Å²) in [5, 5.41) is 1.59. The predicted molar refractivity (Wildman–Crippen MR) is 115 cm³/mol. The van der Waals surface area contributed by atoms with Gasteiger partial charge < -0.3 is 4.90 Å². The Morgan fingerprint density at radius 2 is 1.64 bits per heavy atom. The second-order valence-electron chi connectivity index (χ2n) is 6.74. The van der Waals surface area contributed by atoms with Crippen molar-refractivity contribution >= 4 is 61.6 Å². The van der Waals surface area contributed by atoms with E-state index in [1.165, 1.54) is 11.8 Å². The molecule has 0 spiro atoms. The van der Waals surface area contributed by atoms with Crippen LogP contribution in [0.5, 0.6) is 0 Å². The summed E-state index contributed by atoms with van der Waals surface area (Å²) in [5.41, 5.74) is 1.60. The highest BCUT2D eigenvalue weighted by Crippen LogP contribution is 2.41. The van der Waals surface area contributed by atoms with Crippen molar-refractivity contribution in [3.05, 3.63) is 64.1 Å². The van der Waals surface area contributed by atoms with Gasteiger partial charge in [-0.1, -0.05) is 47.1 Å². The van der Waals surface area contributed by atoms with E-state index in [0.717, 1.165) is 11.3 Å². The normalized spacial score (nSPS) is 24.5. The Hall–Kier alpha value is -1.54. The largest absolute Gasteiger partial charge is 0.316 e. The van der Waals surface area contributed by atoms with E-state index in [9.17, 15) is 13.2 Å². The van der Waals surface area contributed by atoms with Crippen LogP contribution in [0, 0.1) is 0 Å². The van der Waals surface area contributed by atoms with E-state index < -0.39 is 9.84 Å². The van der Waals surface area contributed by atoms with Crippen molar-refractivity contribution in [2.24, 2.45) is 4.99 Å². The lowest BCUT2D eigenvalue weighted by molar-refractivity contribution is -0.117. The van der Waals surface area contributed by atoms with E-state index in [-0.39, 0.29) is 35.1 Å². The van der Waals surface area contributed by atoms with Crippen molar-refractivity contribution in [3.8, 4) is 0 Å². The van der Waals surface area contributed by atoms with Crippen LogP contribution >= 0.6 is 35.0 Å². The molecule has 5 nitrogen and oxygen atoms in total. The van der Waals surface area contributed by atoms with Gasteiger partial charge in [-0.3, -0.25) is 4.79 Å². The van der Waals surface area contributed by atoms with Crippen molar-refractivity contribution in [2.75, 3.05) is 16.4 Å². The first-order chi connectivity index (χ1) is 13.3. The second-order valence-corrected chi connectivity index (χ2v) is 11.0. The molecule has 2 aliphatic heterocycles. The molecule has 146 valence electrons. The first-order valence-corrected chi connectivity index (χ1v) is 12.0. The average Bonchev–Trinajstić information content (AvgIpc) is 3.09. The fourth-order valence-electron chi connectivity index (χ4n) is 3.39. The molecule has 2 aliphatic rings. The number of fused-ring (bicyclic) bond motifs is 1. The van der Waals surface area contributed by atoms with Gasteiger partial charge in [0.15, 0.2) is 15.0 Å². The smallest absolute Gasteiger partial charge is 0.252 e. The van der Waals surface area contributed by atoms with E-state index >= 15 is 0 Å². The molecule has 0 aliphatic carbocycles. The summed E-state index contributed by atoms with van der Waals surface area (Å²) in [5.74, 6) is -0.138. The quantitative estimate of drug-likeness (QED) is 0.704. The molecule has 1 amide bonds. The van der Waals surface area contributed by atoms with Gasteiger partial charge in [-0.15, -0.1) is 0 Å². The number of nitrogens with zero attached hydrogens (tertiary/aromatic N) is 2. The van der Waals surface area contributed by atoms with Crippen LogP contribution in [0.4, 0.5) is 5.69 Å². The zero-order valence-electron chi connectivity index (χ0n) is 14.6. The molecule has 0 N–H and O–H groups in total. The molecule has 2 heterocycles. The predicted octanol–water partition coefficient (Wildman–Crippen LogP) is 3.84. The summed E-state index contributed by atoms with van der Waals surface area (Å²) in [6.45, 7) is 0. The first-order valence-electron chi connectivity index (χ1n) is 8.58. The average molecular weight is 455 g/mol. The van der Waals surface area contributed by atoms with Crippen LogP contribution in [0.2, 0.25) is 10.0 Å². The maximum atomic E-state index is 12.5. The summed E-state index contributed by atoms with van der Waals surface area (Å²) in [6, 6.07) is 13.9. The number of rotatable bonds is 3. The molecule has 0 aromatic heterocycles. The SMILES string of the molecule is O=C(Cc1ccc(Cl)cc1)N=C1SC2CS(=O)(=O)CC2N1c1ccc(Cl)cc1. The molecular formula is C19H16Cl2N2O3S2. The third-order valence-corrected chi connectivity index (χ3v) is 8.37. The lowest BCUT2D eigenvalue weighted by atomic mass is 10.1. The zero-order valence-corrected chi connectivity index (χ0v) is 17.7. The van der Waals surface area contributed by atoms with Gasteiger partial charge >= 0.3 is 0 Å². The lowest BCUT2D eigenvalue weighted by Gasteiger charge is -2.24. The van der Waals surface area contributed by atoms with E-state index in [4.69, 9.17) is 23.2 Å². The number of carbonyl (C=O) groups is 1. The molecule has 2 fully saturated rings. The van der Waals surface area contributed by atoms with E-state index in [0.29, 0.717) is 15.2 Å². The van der Waals surface area contributed by atoms with E-state index in [1.54, 1.807) is 36.4 Å². The Morgan fingerprint density at radius 1 is 1.04 bits per heavy atom. The molecule has 2 saturated heterocycles. The minimum Gasteiger partial charge on any atom is -0.316 e. The van der Waals surface area contributed by atoms with Crippen LogP contribution in [0.1, 0.15) is 5.56 Å². The zero-order chi connectivity index (χ0) is 19.9. The number of thioether (sulfide) groups is 1. The number of amides is 1. The third kappa shape index (κ3) is 4.22. The van der Waals surface area contributed by atoms with Crippen molar-refractivity contribution in [1.29, 1.82) is 0 Å². The standard InChI is InChI=1S/C19H16Cl2N2O3S2/c20-13-3-1-12(2-4-13)9-18(24)22-19-23(15-7-5-14(21)6-8-15)16-10-28(25,26)11-17(16)27-19/h1-8,16-17H,9-11H2. The van der Waals surface area contributed by atoms with Crippen LogP contribution in [-0.2, 0) is 21.1 Å². The van der Waals surface area contributed by atoms with Gasteiger partial charge in [0.1, 0.15) is 0 Å². The number of carbonyl (C=O) groups excluding carboxylic acids is 1. The molecule has 9 heteroatoms. The van der Waals surface area contributed by atoms with Crippen LogP contribution in [0.15, 0.2) is 53.5 Å². The highest BCUT2D eigenvalue weighted by Gasteiger charge is 2.49. The van der Waals surface area contributed by atoms with E-state index in [1.807, 2.05) is 17.0 Å². The summed E-state index contributed by atoms with van der Waals surface area (Å²) < 4.78 is 24.2. The summed E-state index contributed by atoms with van der Waals surface area (Å²) in [4.78, 5) is 18.7. The van der Waals surface area contributed by atoms with E-state index in [2.05, 4.69) is 4.99 Å². The molecule has 0 saturated carbocycles. The fraction of sp³-hybridized carbons (Fsp3) is 0.263. The Kier molecular flexibility index (Phi) is 5.44. The number of anilines is 1. The summed E-state index contributed by atoms with van der Waals surface area (Å²) in [6.07, 6.45) is 0.156.